The van der Waals surface area contributed by atoms with Crippen LogP contribution in [0.1, 0.15) is 34.1 Å². The molecule has 5 heteroatoms. The lowest BCUT2D eigenvalue weighted by atomic mass is 10.0. The summed E-state index contributed by atoms with van der Waals surface area (Å²) in [5.41, 5.74) is 1.26. The molecule has 0 bridgehead atoms. The molecule has 4 nitrogen and oxygen atoms in total. The van der Waals surface area contributed by atoms with Crippen LogP contribution >= 0.6 is 11.3 Å². The van der Waals surface area contributed by atoms with Crippen molar-refractivity contribution >= 4 is 29.2 Å². The molecule has 0 amide bonds. The van der Waals surface area contributed by atoms with Gasteiger partial charge in [-0.2, -0.15) is 0 Å². The van der Waals surface area contributed by atoms with Gasteiger partial charge in [-0.05, 0) is 30.0 Å². The van der Waals surface area contributed by atoms with E-state index >= 15 is 0 Å². The fourth-order valence-corrected chi connectivity index (χ4v) is 2.89. The van der Waals surface area contributed by atoms with Crippen molar-refractivity contribution in [1.29, 1.82) is 0 Å². The Morgan fingerprint density at radius 2 is 2.23 bits per heavy atom. The number of esters is 1. The van der Waals surface area contributed by atoms with Gasteiger partial charge in [0.1, 0.15) is 11.5 Å². The quantitative estimate of drug-likeness (QED) is 0.488. The third-order valence-electron chi connectivity index (χ3n) is 3.28. The van der Waals surface area contributed by atoms with E-state index in [9.17, 15) is 9.59 Å². The van der Waals surface area contributed by atoms with Gasteiger partial charge in [0.15, 0.2) is 5.76 Å². The van der Waals surface area contributed by atoms with Crippen molar-refractivity contribution in [3.05, 3.63) is 51.4 Å². The monoisotopic (exact) mass is 314 g/mol. The Kier molecular flexibility index (Phi) is 3.81. The van der Waals surface area contributed by atoms with Gasteiger partial charge in [0, 0.05) is 23.4 Å². The molecule has 0 atom stereocenters. The first-order valence-corrected chi connectivity index (χ1v) is 7.79. The van der Waals surface area contributed by atoms with Crippen LogP contribution in [0.15, 0.2) is 35.4 Å². The minimum Gasteiger partial charge on any atom is -0.452 e. The summed E-state index contributed by atoms with van der Waals surface area (Å²) in [5.74, 6) is 0.659. The van der Waals surface area contributed by atoms with E-state index in [0.29, 0.717) is 29.2 Å². The maximum atomic E-state index is 12.4. The summed E-state index contributed by atoms with van der Waals surface area (Å²) in [6, 6.07) is 7.10. The van der Waals surface area contributed by atoms with Crippen LogP contribution in [-0.2, 0) is 4.79 Å². The molecule has 0 saturated heterocycles. The van der Waals surface area contributed by atoms with Crippen LogP contribution in [0, 0.1) is 6.92 Å². The van der Waals surface area contributed by atoms with Gasteiger partial charge in [0.2, 0.25) is 5.78 Å². The van der Waals surface area contributed by atoms with Crippen molar-refractivity contribution in [2.75, 3.05) is 0 Å². The molecular formula is C17H14O4S. The average Bonchev–Trinajstić information content (AvgIpc) is 3.08. The average molecular weight is 314 g/mol. The number of Topliss-reactive ketones (excluding diaryl/α,β-unsaturated/α-hetero) is 1. The maximum absolute atomic E-state index is 12.4. The fraction of sp³-hybridized carbons (Fsp3) is 0.176. The molecular weight excluding hydrogens is 300 g/mol. The lowest BCUT2D eigenvalue weighted by Crippen LogP contribution is -2.06. The van der Waals surface area contributed by atoms with Gasteiger partial charge in [-0.25, -0.2) is 0 Å². The minimum atomic E-state index is -0.321. The molecule has 2 aromatic rings. The Hall–Kier alpha value is -2.40. The second-order valence-electron chi connectivity index (χ2n) is 4.90. The Morgan fingerprint density at radius 1 is 1.41 bits per heavy atom. The van der Waals surface area contributed by atoms with Crippen LogP contribution in [0.2, 0.25) is 0 Å². The summed E-state index contributed by atoms with van der Waals surface area (Å²) >= 11 is 1.53. The highest BCUT2D eigenvalue weighted by atomic mass is 32.1. The number of allylic oxidation sites excluding steroid dienone is 1. The zero-order valence-electron chi connectivity index (χ0n) is 12.2. The summed E-state index contributed by atoms with van der Waals surface area (Å²) in [5, 5.41) is 1.94. The molecule has 1 aromatic carbocycles. The maximum Gasteiger partial charge on any atom is 0.310 e. The highest BCUT2D eigenvalue weighted by Gasteiger charge is 2.30. The van der Waals surface area contributed by atoms with E-state index in [1.165, 1.54) is 11.3 Å². The molecule has 0 spiro atoms. The summed E-state index contributed by atoms with van der Waals surface area (Å²) in [4.78, 5) is 24.8. The van der Waals surface area contributed by atoms with Crippen molar-refractivity contribution in [2.45, 2.75) is 20.3 Å². The van der Waals surface area contributed by atoms with E-state index in [0.717, 1.165) is 10.4 Å². The van der Waals surface area contributed by atoms with Gasteiger partial charge in [0.05, 0.1) is 5.56 Å². The van der Waals surface area contributed by atoms with E-state index in [-0.39, 0.29) is 11.8 Å². The second kappa shape index (κ2) is 5.77. The molecule has 0 saturated carbocycles. The number of benzene rings is 1. The van der Waals surface area contributed by atoms with Gasteiger partial charge in [0.25, 0.3) is 0 Å². The number of thiophene rings is 1. The molecule has 0 fully saturated rings. The number of hydrogen-bond donors (Lipinski definition) is 0. The molecule has 1 aliphatic heterocycles. The molecule has 0 radical (unpaired) electrons. The normalized spacial score (nSPS) is 14.8. The number of rotatable bonds is 3. The number of aryl methyl sites for hydroxylation is 1. The molecule has 1 aromatic heterocycles. The first-order chi connectivity index (χ1) is 10.6. The van der Waals surface area contributed by atoms with Gasteiger partial charge in [-0.3, -0.25) is 9.59 Å². The van der Waals surface area contributed by atoms with E-state index in [4.69, 9.17) is 9.47 Å². The molecule has 3 rings (SSSR count). The number of ether oxygens (including phenoxy) is 2. The zero-order valence-corrected chi connectivity index (χ0v) is 13.0. The van der Waals surface area contributed by atoms with Crippen molar-refractivity contribution in [2.24, 2.45) is 0 Å². The van der Waals surface area contributed by atoms with Crippen molar-refractivity contribution in [3.63, 3.8) is 0 Å². The van der Waals surface area contributed by atoms with E-state index in [1.54, 1.807) is 32.1 Å². The summed E-state index contributed by atoms with van der Waals surface area (Å²) in [6.45, 7) is 3.53. The number of carbonyl (C=O) groups is 2. The van der Waals surface area contributed by atoms with Crippen LogP contribution in [0.25, 0.3) is 6.08 Å². The third kappa shape index (κ3) is 2.67. The Labute approximate surface area is 132 Å². The van der Waals surface area contributed by atoms with Gasteiger partial charge < -0.3 is 9.47 Å². The lowest BCUT2D eigenvalue weighted by Gasteiger charge is -2.06. The van der Waals surface area contributed by atoms with Crippen molar-refractivity contribution < 1.29 is 19.1 Å². The molecule has 1 aliphatic rings. The van der Waals surface area contributed by atoms with Crippen LogP contribution in [0.3, 0.4) is 0 Å². The molecule has 0 unspecified atom stereocenters. The summed E-state index contributed by atoms with van der Waals surface area (Å²) in [7, 11) is 0. The standard InChI is InChI=1S/C17H14O4S/c1-3-15(18)20-11-7-10(2)16-13(8-11)21-14(17(16)19)9-12-5-4-6-22-12/h4-9H,3H2,1-2H3/b14-9-. The van der Waals surface area contributed by atoms with Gasteiger partial charge in [-0.15, -0.1) is 11.3 Å². The zero-order chi connectivity index (χ0) is 15.7. The van der Waals surface area contributed by atoms with Gasteiger partial charge >= 0.3 is 5.97 Å². The topological polar surface area (TPSA) is 52.6 Å². The van der Waals surface area contributed by atoms with Crippen LogP contribution in [0.4, 0.5) is 0 Å². The SMILES string of the molecule is CCC(=O)Oc1cc(C)c2c(c1)O/C(=C\c1cccs1)C2=O. The van der Waals surface area contributed by atoms with E-state index < -0.39 is 0 Å². The molecule has 112 valence electrons. The lowest BCUT2D eigenvalue weighted by molar-refractivity contribution is -0.134. The van der Waals surface area contributed by atoms with Crippen LogP contribution in [0.5, 0.6) is 11.5 Å². The summed E-state index contributed by atoms with van der Waals surface area (Å²) < 4.78 is 10.9. The minimum absolute atomic E-state index is 0.144. The summed E-state index contributed by atoms with van der Waals surface area (Å²) in [6.07, 6.45) is 2.02. The van der Waals surface area contributed by atoms with E-state index in [1.807, 2.05) is 17.5 Å². The number of ketones is 1. The first kappa shape index (κ1) is 14.5. The molecule has 0 aliphatic carbocycles. The van der Waals surface area contributed by atoms with E-state index in [2.05, 4.69) is 0 Å². The second-order valence-corrected chi connectivity index (χ2v) is 5.88. The van der Waals surface area contributed by atoms with Gasteiger partial charge in [-0.1, -0.05) is 13.0 Å². The smallest absolute Gasteiger partial charge is 0.310 e. The van der Waals surface area contributed by atoms with Crippen molar-refractivity contribution in [3.8, 4) is 11.5 Å². The molecule has 2 heterocycles. The fourth-order valence-electron chi connectivity index (χ4n) is 2.24. The third-order valence-corrected chi connectivity index (χ3v) is 4.10. The predicted octanol–water partition coefficient (Wildman–Crippen LogP) is 3.99. The largest absolute Gasteiger partial charge is 0.452 e. The molecule has 0 N–H and O–H groups in total. The Bertz CT molecular complexity index is 772. The van der Waals surface area contributed by atoms with Crippen molar-refractivity contribution in [1.82, 2.24) is 0 Å². The predicted molar refractivity (Wildman–Crippen MR) is 84.4 cm³/mol. The highest BCUT2D eigenvalue weighted by Crippen LogP contribution is 2.37. The first-order valence-electron chi connectivity index (χ1n) is 6.91. The van der Waals surface area contributed by atoms with Crippen LogP contribution in [-0.4, -0.2) is 11.8 Å². The number of carbonyl (C=O) groups excluding carboxylic acids is 2. The number of hydrogen-bond acceptors (Lipinski definition) is 5. The van der Waals surface area contributed by atoms with Crippen LogP contribution < -0.4 is 9.47 Å². The highest BCUT2D eigenvalue weighted by molar-refractivity contribution is 7.10. The Balaban J connectivity index is 1.95. The molecule has 22 heavy (non-hydrogen) atoms. The Morgan fingerprint density at radius 3 is 2.91 bits per heavy atom. The number of fused-ring (bicyclic) bond motifs is 1.